The maximum Gasteiger partial charge on any atom is 0.514 e. The van der Waals surface area contributed by atoms with Crippen LogP contribution in [0.1, 0.15) is 44.5 Å². The third-order valence-electron chi connectivity index (χ3n) is 11.8. The van der Waals surface area contributed by atoms with Crippen molar-refractivity contribution >= 4 is 47.2 Å². The molecule has 4 nitrogen and oxygen atoms in total. The van der Waals surface area contributed by atoms with Crippen LogP contribution >= 0.6 is 0 Å². The summed E-state index contributed by atoms with van der Waals surface area (Å²) in [4.78, 5) is 0. The second-order valence-electron chi connectivity index (χ2n) is 16.3. The van der Waals surface area contributed by atoms with E-state index in [9.17, 15) is 105 Å². The van der Waals surface area contributed by atoms with Crippen molar-refractivity contribution in [2.24, 2.45) is 0 Å². The minimum Gasteiger partial charge on any atom is -0.644 e. The van der Waals surface area contributed by atoms with Gasteiger partial charge in [0, 0.05) is 24.3 Å². The van der Waals surface area contributed by atoms with E-state index in [1.807, 2.05) is 0 Å². The Labute approximate surface area is 384 Å². The fraction of sp³-hybridized carbons (Fsp3) is 0.190. The van der Waals surface area contributed by atoms with E-state index in [0.717, 1.165) is 12.2 Å². The Balaban J connectivity index is 1.56. The molecule has 0 N–H and O–H groups in total. The molecule has 0 aliphatic carbocycles. The van der Waals surface area contributed by atoms with Crippen molar-refractivity contribution in [3.05, 3.63) is 165 Å². The highest BCUT2D eigenvalue weighted by Gasteiger charge is 2.62. The maximum atomic E-state index is 14.5. The number of hydrogen-bond donors (Lipinski definition) is 0. The summed E-state index contributed by atoms with van der Waals surface area (Å²) in [5, 5.41) is 0. The summed E-state index contributed by atoms with van der Waals surface area (Å²) in [7, 11) is 0. The van der Waals surface area contributed by atoms with Crippen LogP contribution in [-0.4, -0.2) is 34.4 Å². The molecular formula is C42H18B2F24N2O2. The second-order valence-corrected chi connectivity index (χ2v) is 16.3. The molecule has 0 bridgehead atoms. The lowest BCUT2D eigenvalue weighted by atomic mass is 9.38. The Morgan fingerprint density at radius 2 is 0.458 bits per heavy atom. The van der Waals surface area contributed by atoms with Gasteiger partial charge in [-0.05, 0) is 24.3 Å². The largest absolute Gasteiger partial charge is 0.644 e. The Bertz CT molecular complexity index is 2650. The van der Waals surface area contributed by atoms with Crippen LogP contribution in [-0.2, 0) is 58.7 Å². The van der Waals surface area contributed by atoms with Crippen molar-refractivity contribution in [2.75, 3.05) is 0 Å². The highest BCUT2D eigenvalue weighted by atomic mass is 19.4. The molecule has 4 aliphatic rings. The van der Waals surface area contributed by atoms with Crippen molar-refractivity contribution in [3.8, 4) is 0 Å². The summed E-state index contributed by atoms with van der Waals surface area (Å²) in [6.45, 7) is -9.65. The number of benzene rings is 4. The van der Waals surface area contributed by atoms with Crippen LogP contribution < -0.4 is 21.9 Å². The number of nitrogens with zero attached hydrogens (tertiary/aromatic N) is 2. The number of halogens is 24. The molecule has 0 fully saturated rings. The quantitative estimate of drug-likeness (QED) is 0.150. The van der Waals surface area contributed by atoms with Gasteiger partial charge in [-0.3, -0.25) is 0 Å². The summed E-state index contributed by atoms with van der Waals surface area (Å²) >= 11 is 0. The van der Waals surface area contributed by atoms with E-state index in [4.69, 9.17) is 9.31 Å². The first-order chi connectivity index (χ1) is 32.7. The van der Waals surface area contributed by atoms with Gasteiger partial charge in [0.1, 0.15) is 12.4 Å². The summed E-state index contributed by atoms with van der Waals surface area (Å²) in [6, 6.07) is -3.22. The van der Waals surface area contributed by atoms with Gasteiger partial charge in [0.25, 0.3) is 0 Å². The zero-order valence-corrected chi connectivity index (χ0v) is 34.3. The molecule has 382 valence electrons. The third kappa shape index (κ3) is 8.76. The highest BCUT2D eigenvalue weighted by Crippen LogP contribution is 2.46. The van der Waals surface area contributed by atoms with Gasteiger partial charge in [0.15, 0.2) is 22.9 Å². The normalized spacial score (nSPS) is 18.1. The lowest BCUT2D eigenvalue weighted by molar-refractivity contribution is -0.369. The van der Waals surface area contributed by atoms with Crippen molar-refractivity contribution in [1.82, 2.24) is 0 Å². The van der Waals surface area contributed by atoms with Crippen LogP contribution in [0.4, 0.5) is 105 Å². The molecule has 0 unspecified atom stereocenters. The van der Waals surface area contributed by atoms with Gasteiger partial charge >= 0.3 is 62.4 Å². The third-order valence-corrected chi connectivity index (χ3v) is 11.8. The van der Waals surface area contributed by atoms with Crippen LogP contribution in [0.15, 0.2) is 120 Å². The zero-order chi connectivity index (χ0) is 53.5. The first-order valence-corrected chi connectivity index (χ1v) is 19.6. The molecule has 4 aliphatic heterocycles. The first-order valence-electron chi connectivity index (χ1n) is 19.6. The molecule has 0 aromatic heterocycles. The molecule has 0 spiro atoms. The van der Waals surface area contributed by atoms with E-state index in [0.29, 0.717) is 24.6 Å². The predicted octanol–water partition coefficient (Wildman–Crippen LogP) is 11.4. The standard InChI is InChI=1S/C42H18B2F24N2O2/c45-35(46,47)19-7-20(36(48,49)50)12-27(11-19)43(28-13-21(37(51,52)53)8-22(14-28)38(54,55)56)69-5-1-3-31(69)33-34(72-43)32-4-2-6-70(32)44(71-33,29-15-23(39(57,58)59)9-24(16-29)40(60,61)62)30-17-25(41(63,64)65)10-26(18-30)42(66,67)68/h1-18H. The van der Waals surface area contributed by atoms with Crippen LogP contribution in [0.25, 0.3) is 0 Å². The molecule has 72 heavy (non-hydrogen) atoms. The van der Waals surface area contributed by atoms with E-state index in [1.54, 1.807) is 0 Å². The molecule has 4 aromatic rings. The number of fused-ring (bicyclic) bond motifs is 3. The van der Waals surface area contributed by atoms with Crippen molar-refractivity contribution in [3.63, 3.8) is 0 Å². The predicted molar refractivity (Wildman–Crippen MR) is 203 cm³/mol. The minimum absolute atomic E-state index is 0.155. The van der Waals surface area contributed by atoms with Crippen molar-refractivity contribution < 1.29 is 124 Å². The fourth-order valence-corrected chi connectivity index (χ4v) is 8.84. The Morgan fingerprint density at radius 3 is 0.625 bits per heavy atom. The SMILES string of the molecule is FC(F)(F)c1cc([B-]2(c3cc(C(F)(F)F)cc(C(F)(F)F)c3)OC3=C4C=CC=[N+]4[B-](c4cc(C(F)(F)F)cc(C(F)(F)F)c4)(c4cc(C(F)(F)F)cc(C(F)(F)F)c4)OC3=C3C=CC=[N+]32)cc(C(F)(F)F)c1. The highest BCUT2D eigenvalue weighted by molar-refractivity contribution is 6.93. The first kappa shape index (κ1) is 51.6. The molecule has 0 saturated heterocycles. The van der Waals surface area contributed by atoms with E-state index in [2.05, 4.69) is 0 Å². The molecule has 30 heteroatoms. The number of rotatable bonds is 4. The molecule has 0 radical (unpaired) electrons. The summed E-state index contributed by atoms with van der Waals surface area (Å²) in [5.74, 6) is -2.49. The van der Waals surface area contributed by atoms with Gasteiger partial charge in [-0.25, -0.2) is 0 Å². The summed E-state index contributed by atoms with van der Waals surface area (Å²) < 4.78 is 362. The fourth-order valence-electron chi connectivity index (χ4n) is 8.84. The van der Waals surface area contributed by atoms with Gasteiger partial charge in [0.05, 0.1) is 44.5 Å². The molecule has 4 heterocycles. The topological polar surface area (TPSA) is 24.5 Å². The van der Waals surface area contributed by atoms with Gasteiger partial charge in [-0.15, -0.1) is 0 Å². The average molecular weight is 1060 g/mol. The Hall–Kier alpha value is -6.77. The van der Waals surface area contributed by atoms with Crippen LogP contribution in [0.5, 0.6) is 0 Å². The maximum absolute atomic E-state index is 14.5. The lowest BCUT2D eigenvalue weighted by Crippen LogP contribution is -2.73. The number of allylic oxidation sites excluding steroid dienone is 4. The van der Waals surface area contributed by atoms with Gasteiger partial charge in [-0.2, -0.15) is 105 Å². The van der Waals surface area contributed by atoms with E-state index >= 15 is 0 Å². The molecule has 0 saturated carbocycles. The van der Waals surface area contributed by atoms with Gasteiger partial charge in [0.2, 0.25) is 0 Å². The minimum atomic E-state index is -5.80. The van der Waals surface area contributed by atoms with Crippen LogP contribution in [0.2, 0.25) is 0 Å². The van der Waals surface area contributed by atoms with Crippen LogP contribution in [0.3, 0.4) is 0 Å². The smallest absolute Gasteiger partial charge is 0.514 e. The lowest BCUT2D eigenvalue weighted by Gasteiger charge is -2.50. The van der Waals surface area contributed by atoms with E-state index in [-0.39, 0.29) is 57.5 Å². The van der Waals surface area contributed by atoms with E-state index in [1.165, 1.54) is 0 Å². The van der Waals surface area contributed by atoms with Gasteiger partial charge in [-0.1, -0.05) is 70.4 Å². The Kier molecular flexibility index (Phi) is 11.4. The van der Waals surface area contributed by atoms with Crippen molar-refractivity contribution in [1.29, 1.82) is 0 Å². The monoisotopic (exact) mass is 1060 g/mol. The van der Waals surface area contributed by atoms with E-state index < -0.39 is 176 Å². The second kappa shape index (κ2) is 15.9. The number of hydrogen-bond acceptors (Lipinski definition) is 2. The van der Waals surface area contributed by atoms with Gasteiger partial charge < -0.3 is 18.3 Å². The Morgan fingerprint density at radius 1 is 0.278 bits per heavy atom. The molecule has 0 amide bonds. The molecule has 0 atom stereocenters. The average Bonchev–Trinajstić information content (AvgIpc) is 3.95. The van der Waals surface area contributed by atoms with Crippen molar-refractivity contribution in [2.45, 2.75) is 49.4 Å². The van der Waals surface area contributed by atoms with Crippen LogP contribution in [0, 0.1) is 0 Å². The summed E-state index contributed by atoms with van der Waals surface area (Å²) in [5.41, 5.74) is -26.0. The molecule has 4 aromatic carbocycles. The molecule has 8 rings (SSSR count). The zero-order valence-electron chi connectivity index (χ0n) is 34.3. The number of alkyl halides is 24. The summed E-state index contributed by atoms with van der Waals surface area (Å²) in [6.07, 6.45) is -42.5. The molecular weight excluding hydrogens is 1040 g/mol.